The number of nitrogens with zero attached hydrogens (tertiary/aromatic N) is 1. The fourth-order valence-corrected chi connectivity index (χ4v) is 2.54. The van der Waals surface area contributed by atoms with Gasteiger partial charge in [0.05, 0.1) is 5.69 Å². The summed E-state index contributed by atoms with van der Waals surface area (Å²) in [7, 11) is 0. The summed E-state index contributed by atoms with van der Waals surface area (Å²) in [4.78, 5) is 4.08. The van der Waals surface area contributed by atoms with Gasteiger partial charge in [-0.3, -0.25) is 0 Å². The fraction of sp³-hybridized carbons (Fsp3) is 0.615. The van der Waals surface area contributed by atoms with Gasteiger partial charge in [0.25, 0.3) is 0 Å². The van der Waals surface area contributed by atoms with E-state index in [1.165, 1.54) is 0 Å². The van der Waals surface area contributed by atoms with Crippen molar-refractivity contribution in [3.8, 4) is 0 Å². The Morgan fingerprint density at radius 1 is 1.24 bits per heavy atom. The molecule has 1 rings (SSSR count). The molecule has 1 aromatic heterocycles. The van der Waals surface area contributed by atoms with Crippen molar-refractivity contribution >= 4 is 28.9 Å². The average Bonchev–Trinajstić information content (AvgIpc) is 2.23. The first-order valence-corrected chi connectivity index (χ1v) is 6.93. The standard InChI is InChI=1S/C13H20Cl2N2/c1-4-6-10(7-5-2)16-12-9(3)8-11(14)17-13(12)15/h8,10,16H,4-7H2,1-3H3. The lowest BCUT2D eigenvalue weighted by Crippen LogP contribution is -2.20. The third kappa shape index (κ3) is 4.36. The predicted molar refractivity (Wildman–Crippen MR) is 76.2 cm³/mol. The maximum absolute atomic E-state index is 6.12. The van der Waals surface area contributed by atoms with E-state index in [0.29, 0.717) is 16.3 Å². The highest BCUT2D eigenvalue weighted by Gasteiger charge is 2.12. The second-order valence-corrected chi connectivity index (χ2v) is 5.09. The van der Waals surface area contributed by atoms with E-state index in [-0.39, 0.29) is 0 Å². The zero-order valence-corrected chi connectivity index (χ0v) is 12.2. The first-order valence-electron chi connectivity index (χ1n) is 6.17. The van der Waals surface area contributed by atoms with E-state index >= 15 is 0 Å². The normalized spacial score (nSPS) is 10.9. The van der Waals surface area contributed by atoms with E-state index in [1.807, 2.05) is 13.0 Å². The van der Waals surface area contributed by atoms with Gasteiger partial charge in [-0.1, -0.05) is 49.9 Å². The lowest BCUT2D eigenvalue weighted by Gasteiger charge is -2.20. The highest BCUT2D eigenvalue weighted by molar-refractivity contribution is 6.34. The van der Waals surface area contributed by atoms with Crippen LogP contribution in [0.25, 0.3) is 0 Å². The lowest BCUT2D eigenvalue weighted by atomic mass is 10.1. The van der Waals surface area contributed by atoms with Gasteiger partial charge < -0.3 is 5.32 Å². The van der Waals surface area contributed by atoms with E-state index < -0.39 is 0 Å². The van der Waals surface area contributed by atoms with E-state index in [2.05, 4.69) is 24.1 Å². The van der Waals surface area contributed by atoms with Gasteiger partial charge >= 0.3 is 0 Å². The number of halogens is 2. The van der Waals surface area contributed by atoms with Crippen LogP contribution in [0.2, 0.25) is 10.3 Å². The molecule has 17 heavy (non-hydrogen) atoms. The number of anilines is 1. The summed E-state index contributed by atoms with van der Waals surface area (Å²) in [6.45, 7) is 6.38. The minimum Gasteiger partial charge on any atom is -0.380 e. The molecule has 0 fully saturated rings. The summed E-state index contributed by atoms with van der Waals surface area (Å²) in [5.74, 6) is 0. The van der Waals surface area contributed by atoms with Crippen LogP contribution < -0.4 is 5.32 Å². The van der Waals surface area contributed by atoms with Crippen molar-refractivity contribution in [2.24, 2.45) is 0 Å². The summed E-state index contributed by atoms with van der Waals surface area (Å²) in [5.41, 5.74) is 1.97. The molecule has 0 aliphatic heterocycles. The molecule has 0 bridgehead atoms. The number of aryl methyl sites for hydroxylation is 1. The van der Waals surface area contributed by atoms with E-state index in [1.54, 1.807) is 0 Å². The van der Waals surface area contributed by atoms with Crippen LogP contribution in [0.1, 0.15) is 45.1 Å². The third-order valence-corrected chi connectivity index (χ3v) is 3.23. The third-order valence-electron chi connectivity index (χ3n) is 2.76. The molecule has 0 saturated heterocycles. The summed E-state index contributed by atoms with van der Waals surface area (Å²) in [6, 6.07) is 2.30. The van der Waals surface area contributed by atoms with E-state index in [0.717, 1.165) is 36.9 Å². The predicted octanol–water partition coefficient (Wildman–Crippen LogP) is 5.08. The SMILES string of the molecule is CCCC(CCC)Nc1c(C)cc(Cl)nc1Cl. The summed E-state index contributed by atoms with van der Waals surface area (Å²) in [6.07, 6.45) is 4.61. The van der Waals surface area contributed by atoms with Crippen molar-refractivity contribution in [3.05, 3.63) is 21.9 Å². The van der Waals surface area contributed by atoms with Gasteiger partial charge in [0, 0.05) is 6.04 Å². The van der Waals surface area contributed by atoms with Crippen LogP contribution in [0, 0.1) is 6.92 Å². The molecule has 0 aromatic carbocycles. The van der Waals surface area contributed by atoms with Crippen LogP contribution in [-0.2, 0) is 0 Å². The lowest BCUT2D eigenvalue weighted by molar-refractivity contribution is 0.586. The van der Waals surface area contributed by atoms with Gasteiger partial charge in [-0.2, -0.15) is 0 Å². The van der Waals surface area contributed by atoms with E-state index in [9.17, 15) is 0 Å². The van der Waals surface area contributed by atoms with Crippen LogP contribution in [-0.4, -0.2) is 11.0 Å². The second-order valence-electron chi connectivity index (χ2n) is 4.35. The number of pyridine rings is 1. The molecule has 0 amide bonds. The van der Waals surface area contributed by atoms with Crippen molar-refractivity contribution in [3.63, 3.8) is 0 Å². The van der Waals surface area contributed by atoms with Crippen LogP contribution in [0.5, 0.6) is 0 Å². The van der Waals surface area contributed by atoms with Gasteiger partial charge in [-0.15, -0.1) is 0 Å². The zero-order chi connectivity index (χ0) is 12.8. The smallest absolute Gasteiger partial charge is 0.154 e. The molecule has 1 aromatic rings. The number of hydrogen-bond donors (Lipinski definition) is 1. The molecule has 0 spiro atoms. The number of aromatic nitrogens is 1. The number of rotatable bonds is 6. The summed E-state index contributed by atoms with van der Waals surface area (Å²) >= 11 is 12.0. The Kier molecular flexibility index (Phi) is 6.07. The maximum Gasteiger partial charge on any atom is 0.154 e. The Bertz CT molecular complexity index is 337. The van der Waals surface area contributed by atoms with Crippen LogP contribution in [0.4, 0.5) is 5.69 Å². The molecule has 0 atom stereocenters. The molecule has 96 valence electrons. The molecule has 0 radical (unpaired) electrons. The van der Waals surface area contributed by atoms with Crippen LogP contribution >= 0.6 is 23.2 Å². The molecular weight excluding hydrogens is 255 g/mol. The van der Waals surface area contributed by atoms with Gasteiger partial charge in [0.1, 0.15) is 5.15 Å². The van der Waals surface area contributed by atoms with Crippen molar-refractivity contribution in [2.75, 3.05) is 5.32 Å². The minimum atomic E-state index is 0.445. The Labute approximate surface area is 114 Å². The summed E-state index contributed by atoms with van der Waals surface area (Å²) in [5, 5.41) is 4.40. The van der Waals surface area contributed by atoms with E-state index in [4.69, 9.17) is 23.2 Å². The first-order chi connectivity index (χ1) is 8.08. The number of hydrogen-bond acceptors (Lipinski definition) is 2. The van der Waals surface area contributed by atoms with Crippen LogP contribution in [0.15, 0.2) is 6.07 Å². The molecule has 1 N–H and O–H groups in total. The zero-order valence-electron chi connectivity index (χ0n) is 10.7. The molecular formula is C13H20Cl2N2. The minimum absolute atomic E-state index is 0.445. The molecule has 2 nitrogen and oxygen atoms in total. The topological polar surface area (TPSA) is 24.9 Å². The summed E-state index contributed by atoms with van der Waals surface area (Å²) < 4.78 is 0. The largest absolute Gasteiger partial charge is 0.380 e. The molecule has 0 aliphatic carbocycles. The van der Waals surface area contributed by atoms with Gasteiger partial charge in [-0.05, 0) is 31.4 Å². The highest BCUT2D eigenvalue weighted by atomic mass is 35.5. The Hall–Kier alpha value is -0.470. The van der Waals surface area contributed by atoms with Crippen molar-refractivity contribution < 1.29 is 0 Å². The molecule has 0 saturated carbocycles. The van der Waals surface area contributed by atoms with Gasteiger partial charge in [-0.25, -0.2) is 4.98 Å². The number of nitrogens with one attached hydrogen (secondary N) is 1. The Balaban J connectivity index is 2.84. The quantitative estimate of drug-likeness (QED) is 0.732. The monoisotopic (exact) mass is 274 g/mol. The van der Waals surface area contributed by atoms with Crippen LogP contribution in [0.3, 0.4) is 0 Å². The highest BCUT2D eigenvalue weighted by Crippen LogP contribution is 2.28. The van der Waals surface area contributed by atoms with Crippen molar-refractivity contribution in [1.82, 2.24) is 4.98 Å². The van der Waals surface area contributed by atoms with Crippen molar-refractivity contribution in [1.29, 1.82) is 0 Å². The molecule has 1 heterocycles. The molecule has 0 aliphatic rings. The molecule has 0 unspecified atom stereocenters. The average molecular weight is 275 g/mol. The second kappa shape index (κ2) is 7.07. The maximum atomic E-state index is 6.12. The first kappa shape index (κ1) is 14.6. The van der Waals surface area contributed by atoms with Gasteiger partial charge in [0.15, 0.2) is 5.15 Å². The Morgan fingerprint density at radius 3 is 2.29 bits per heavy atom. The fourth-order valence-electron chi connectivity index (χ4n) is 1.96. The van der Waals surface area contributed by atoms with Gasteiger partial charge in [0.2, 0.25) is 0 Å². The van der Waals surface area contributed by atoms with Crippen molar-refractivity contribution in [2.45, 2.75) is 52.5 Å². The molecule has 4 heteroatoms. The Morgan fingerprint density at radius 2 is 1.82 bits per heavy atom.